The Morgan fingerprint density at radius 2 is 1.77 bits per heavy atom. The molecule has 2 atom stereocenters. The number of likely N-dealkylation sites (N-methyl/N-ethyl adjacent to an activating group) is 1. The molecule has 274 valence electrons. The van der Waals surface area contributed by atoms with Crippen LogP contribution < -0.4 is 14.2 Å². The summed E-state index contributed by atoms with van der Waals surface area (Å²) >= 11 is 6.80. The van der Waals surface area contributed by atoms with Crippen LogP contribution in [0.3, 0.4) is 0 Å². The van der Waals surface area contributed by atoms with Gasteiger partial charge in [-0.1, -0.05) is 48.9 Å². The maximum absolute atomic E-state index is 11.9. The highest BCUT2D eigenvalue weighted by Gasteiger charge is 2.23. The molecule has 1 aromatic heterocycles. The predicted molar refractivity (Wildman–Crippen MR) is 201 cm³/mol. The molecule has 1 saturated heterocycles. The first-order chi connectivity index (χ1) is 25.1. The number of nitrogens with zero attached hydrogens (tertiary/aromatic N) is 4. The number of hydrogen-bond donors (Lipinski definition) is 2. The summed E-state index contributed by atoms with van der Waals surface area (Å²) in [5, 5.41) is 29.2. The van der Waals surface area contributed by atoms with Gasteiger partial charge in [-0.15, -0.1) is 0 Å². The number of carbonyl (C=O) groups is 1. The lowest BCUT2D eigenvalue weighted by Crippen LogP contribution is -2.37. The van der Waals surface area contributed by atoms with E-state index in [0.29, 0.717) is 46.2 Å². The van der Waals surface area contributed by atoms with Crippen LogP contribution >= 0.6 is 11.6 Å². The van der Waals surface area contributed by atoms with Crippen LogP contribution in [0.15, 0.2) is 67.0 Å². The fraction of sp³-hybridized carbons (Fsp3) is 0.390. The summed E-state index contributed by atoms with van der Waals surface area (Å²) in [4.78, 5) is 20.0. The van der Waals surface area contributed by atoms with E-state index in [1.54, 1.807) is 36.3 Å². The summed E-state index contributed by atoms with van der Waals surface area (Å²) in [6, 6.07) is 18.9. The number of aliphatic hydroxyl groups is 1. The van der Waals surface area contributed by atoms with Gasteiger partial charge in [-0.2, -0.15) is 5.26 Å². The van der Waals surface area contributed by atoms with E-state index in [-0.39, 0.29) is 25.9 Å². The van der Waals surface area contributed by atoms with E-state index in [9.17, 15) is 20.3 Å². The molecule has 0 spiro atoms. The van der Waals surface area contributed by atoms with Gasteiger partial charge in [0.25, 0.3) is 0 Å². The van der Waals surface area contributed by atoms with Gasteiger partial charge in [0.2, 0.25) is 0 Å². The first-order valence-corrected chi connectivity index (χ1v) is 18.0. The molecule has 1 aliphatic rings. The van der Waals surface area contributed by atoms with Crippen molar-refractivity contribution in [2.45, 2.75) is 71.9 Å². The lowest BCUT2D eigenvalue weighted by Gasteiger charge is -2.25. The number of carboxylic acids is 1. The van der Waals surface area contributed by atoms with E-state index in [0.717, 1.165) is 66.0 Å². The minimum atomic E-state index is -0.903. The maximum atomic E-state index is 11.9. The zero-order chi connectivity index (χ0) is 37.2. The minimum Gasteiger partial charge on any atom is -0.493 e. The Hall–Kier alpha value is -4.66. The third-order valence-corrected chi connectivity index (χ3v) is 9.88. The molecule has 2 N–H and O–H groups in total. The smallest absolute Gasteiger partial charge is 0.320 e. The quantitative estimate of drug-likeness (QED) is 0.108. The lowest BCUT2D eigenvalue weighted by molar-refractivity contribution is -0.143. The summed E-state index contributed by atoms with van der Waals surface area (Å²) in [6.45, 7) is 9.85. The molecule has 4 aromatic rings. The van der Waals surface area contributed by atoms with E-state index in [2.05, 4.69) is 41.9 Å². The molecule has 0 aliphatic carbocycles. The number of aromatic nitrogens is 1. The molecule has 0 amide bonds. The number of halogens is 1. The fourth-order valence-corrected chi connectivity index (χ4v) is 6.86. The lowest BCUT2D eigenvalue weighted by atomic mass is 9.93. The number of hydrogen-bond acceptors (Lipinski definition) is 9. The Morgan fingerprint density at radius 1 is 1.02 bits per heavy atom. The van der Waals surface area contributed by atoms with Crippen LogP contribution in [0.5, 0.6) is 17.2 Å². The number of ether oxygens (including phenoxy) is 3. The van der Waals surface area contributed by atoms with Gasteiger partial charge in [0.15, 0.2) is 0 Å². The Kier molecular flexibility index (Phi) is 13.5. The zero-order valence-electron chi connectivity index (χ0n) is 30.3. The van der Waals surface area contributed by atoms with Crippen LogP contribution in [0.1, 0.15) is 59.6 Å². The Morgan fingerprint density at radius 3 is 2.48 bits per heavy atom. The molecule has 0 saturated carbocycles. The number of rotatable bonds is 17. The number of nitriles is 1. The molecule has 11 heteroatoms. The van der Waals surface area contributed by atoms with Crippen molar-refractivity contribution in [3.63, 3.8) is 0 Å². The second kappa shape index (κ2) is 18.2. The summed E-state index contributed by atoms with van der Waals surface area (Å²) < 4.78 is 18.8. The molecular formula is C41H47ClN4O6. The van der Waals surface area contributed by atoms with Gasteiger partial charge in [0.05, 0.1) is 23.3 Å². The highest BCUT2D eigenvalue weighted by Crippen LogP contribution is 2.37. The van der Waals surface area contributed by atoms with E-state index in [4.69, 9.17) is 25.8 Å². The van der Waals surface area contributed by atoms with Gasteiger partial charge < -0.3 is 29.3 Å². The summed E-state index contributed by atoms with van der Waals surface area (Å²) in [5.74, 6) is 0.871. The zero-order valence-corrected chi connectivity index (χ0v) is 31.0. The van der Waals surface area contributed by atoms with Crippen molar-refractivity contribution in [2.75, 3.05) is 33.3 Å². The number of aliphatic hydroxyl groups excluding tert-OH is 1. The molecule has 5 rings (SSSR count). The van der Waals surface area contributed by atoms with E-state index < -0.39 is 12.0 Å². The largest absolute Gasteiger partial charge is 0.493 e. The van der Waals surface area contributed by atoms with Crippen molar-refractivity contribution in [2.24, 2.45) is 0 Å². The number of benzene rings is 3. The molecule has 3 aromatic carbocycles. The molecule has 0 radical (unpaired) electrons. The van der Waals surface area contributed by atoms with Crippen LogP contribution in [-0.4, -0.2) is 76.4 Å². The van der Waals surface area contributed by atoms with Crippen molar-refractivity contribution in [1.29, 1.82) is 5.26 Å². The monoisotopic (exact) mass is 726 g/mol. The topological polar surface area (TPSA) is 128 Å². The molecule has 10 nitrogen and oxygen atoms in total. The number of carboxylic acid groups (broad SMARTS) is 1. The molecule has 1 unspecified atom stereocenters. The second-order valence-corrected chi connectivity index (χ2v) is 13.7. The Bertz CT molecular complexity index is 1900. The summed E-state index contributed by atoms with van der Waals surface area (Å²) in [5.41, 5.74) is 7.15. The van der Waals surface area contributed by atoms with Crippen LogP contribution in [0, 0.1) is 25.2 Å². The van der Waals surface area contributed by atoms with Gasteiger partial charge in [0.1, 0.15) is 42.6 Å². The number of pyridine rings is 1. The Labute approximate surface area is 311 Å². The van der Waals surface area contributed by atoms with Crippen LogP contribution in [0.2, 0.25) is 5.02 Å². The van der Waals surface area contributed by atoms with Gasteiger partial charge >= 0.3 is 5.97 Å². The second-order valence-electron chi connectivity index (χ2n) is 13.3. The van der Waals surface area contributed by atoms with Crippen LogP contribution in [0.25, 0.3) is 11.1 Å². The van der Waals surface area contributed by atoms with Crippen molar-refractivity contribution in [3.8, 4) is 34.4 Å². The van der Waals surface area contributed by atoms with Gasteiger partial charge in [-0.3, -0.25) is 14.7 Å². The van der Waals surface area contributed by atoms with Crippen LogP contribution in [-0.2, 0) is 24.6 Å². The SMILES string of the molecule is CCC(C(=O)O)N(C)Cc1cc(Cl)c(OCc2cccc(-c3cccc(OCCCN4CC[C@@H](O)C4)c3C)c2C)cc1OCc1cncc(C#N)c1. The summed E-state index contributed by atoms with van der Waals surface area (Å²) in [7, 11) is 1.76. The van der Waals surface area contributed by atoms with Crippen molar-refractivity contribution < 1.29 is 29.2 Å². The highest BCUT2D eigenvalue weighted by molar-refractivity contribution is 6.32. The van der Waals surface area contributed by atoms with Crippen molar-refractivity contribution in [1.82, 2.24) is 14.8 Å². The number of aliphatic carboxylic acids is 1. The van der Waals surface area contributed by atoms with E-state index >= 15 is 0 Å². The van der Waals surface area contributed by atoms with Gasteiger partial charge in [-0.25, -0.2) is 0 Å². The molecule has 52 heavy (non-hydrogen) atoms. The standard InChI is InChI=1S/C41H47ClN4O6/c1-5-37(41(48)49)45(4)23-32-18-36(42)40(19-39(32)51-25-30-17-29(20-43)21-44-22-30)52-26-31-9-6-10-34(27(31)2)35-11-7-12-38(28(35)3)50-16-8-14-46-15-13-33(47)24-46/h6-7,9-12,17-19,21-22,33,37,47H,5,8,13-16,23-26H2,1-4H3,(H,48,49)/t33-,37?/m1/s1. The van der Waals surface area contributed by atoms with Crippen molar-refractivity contribution in [3.05, 3.63) is 105 Å². The van der Waals surface area contributed by atoms with E-state index in [1.165, 1.54) is 6.20 Å². The van der Waals surface area contributed by atoms with Crippen LogP contribution in [0.4, 0.5) is 0 Å². The predicted octanol–water partition coefficient (Wildman–Crippen LogP) is 7.18. The Balaban J connectivity index is 1.32. The third kappa shape index (κ3) is 9.81. The highest BCUT2D eigenvalue weighted by atomic mass is 35.5. The van der Waals surface area contributed by atoms with E-state index in [1.807, 2.05) is 31.2 Å². The number of likely N-dealkylation sites (tertiary alicyclic amines) is 1. The molecule has 0 bridgehead atoms. The number of β-amino-alcohol motifs (C(OH)–C–C–N with tert-alkyl or cyclic N) is 1. The first kappa shape index (κ1) is 38.6. The normalized spacial score (nSPS) is 15.0. The molecule has 1 fully saturated rings. The van der Waals surface area contributed by atoms with Crippen molar-refractivity contribution >= 4 is 17.6 Å². The molecule has 2 heterocycles. The fourth-order valence-electron chi connectivity index (χ4n) is 6.62. The average molecular weight is 727 g/mol. The molecular weight excluding hydrogens is 680 g/mol. The minimum absolute atomic E-state index is 0.141. The summed E-state index contributed by atoms with van der Waals surface area (Å²) in [6.07, 6.45) is 5.08. The molecule has 1 aliphatic heterocycles. The van der Waals surface area contributed by atoms with Gasteiger partial charge in [-0.05, 0) is 86.2 Å². The average Bonchev–Trinajstić information content (AvgIpc) is 3.55. The van der Waals surface area contributed by atoms with Gasteiger partial charge in [0, 0.05) is 55.8 Å². The first-order valence-electron chi connectivity index (χ1n) is 17.6. The third-order valence-electron chi connectivity index (χ3n) is 9.58. The maximum Gasteiger partial charge on any atom is 0.320 e.